The molecule has 3 rings (SSSR count). The van der Waals surface area contributed by atoms with Crippen LogP contribution < -0.4 is 4.74 Å². The van der Waals surface area contributed by atoms with Gasteiger partial charge in [-0.15, -0.1) is 13.2 Å². The van der Waals surface area contributed by atoms with Crippen LogP contribution in [0, 0.1) is 18.6 Å². The highest BCUT2D eigenvalue weighted by Crippen LogP contribution is 2.39. The zero-order valence-corrected chi connectivity index (χ0v) is 12.9. The molecule has 0 aliphatic heterocycles. The Labute approximate surface area is 136 Å². The molecule has 24 heavy (non-hydrogen) atoms. The van der Waals surface area contributed by atoms with E-state index in [9.17, 15) is 22.0 Å². The summed E-state index contributed by atoms with van der Waals surface area (Å²) in [5.41, 5.74) is 2.68. The number of hydrogen-bond donors (Lipinski definition) is 0. The maximum absolute atomic E-state index is 14.3. The van der Waals surface area contributed by atoms with Crippen molar-refractivity contribution in [2.24, 2.45) is 0 Å². The number of aryl methyl sites for hydroxylation is 1. The summed E-state index contributed by atoms with van der Waals surface area (Å²) in [6, 6.07) is 8.83. The Morgan fingerprint density at radius 2 is 1.75 bits per heavy atom. The SMILES string of the molecule is Cc1ccc(C2CCc3c(cc(F)c(OC(F)(F)F)c3F)C2)cc1. The van der Waals surface area contributed by atoms with Crippen molar-refractivity contribution in [2.75, 3.05) is 0 Å². The molecule has 0 N–H and O–H groups in total. The summed E-state index contributed by atoms with van der Waals surface area (Å²) in [6.45, 7) is 1.97. The van der Waals surface area contributed by atoms with Gasteiger partial charge < -0.3 is 4.74 Å². The largest absolute Gasteiger partial charge is 0.573 e. The molecule has 1 unspecified atom stereocenters. The summed E-state index contributed by atoms with van der Waals surface area (Å²) >= 11 is 0. The fraction of sp³-hybridized carbons (Fsp3) is 0.333. The monoisotopic (exact) mass is 342 g/mol. The molecule has 0 amide bonds. The van der Waals surface area contributed by atoms with Crippen LogP contribution in [-0.2, 0) is 12.8 Å². The lowest BCUT2D eigenvalue weighted by atomic mass is 9.79. The van der Waals surface area contributed by atoms with Gasteiger partial charge in [0, 0.05) is 0 Å². The lowest BCUT2D eigenvalue weighted by Crippen LogP contribution is -2.21. The molecule has 0 bridgehead atoms. The number of alkyl halides is 3. The molecule has 0 saturated carbocycles. The number of halogens is 5. The smallest absolute Gasteiger partial charge is 0.399 e. The van der Waals surface area contributed by atoms with Crippen LogP contribution in [0.4, 0.5) is 22.0 Å². The minimum atomic E-state index is -5.13. The van der Waals surface area contributed by atoms with Crippen molar-refractivity contribution >= 4 is 0 Å². The minimum absolute atomic E-state index is 0.0892. The maximum atomic E-state index is 14.3. The molecule has 2 aromatic rings. The van der Waals surface area contributed by atoms with E-state index in [0.29, 0.717) is 18.4 Å². The van der Waals surface area contributed by atoms with Crippen LogP contribution in [0.2, 0.25) is 0 Å². The molecule has 0 spiro atoms. The van der Waals surface area contributed by atoms with E-state index in [0.717, 1.165) is 17.2 Å². The van der Waals surface area contributed by atoms with E-state index >= 15 is 0 Å². The van der Waals surface area contributed by atoms with Gasteiger partial charge in [-0.1, -0.05) is 29.8 Å². The van der Waals surface area contributed by atoms with Gasteiger partial charge >= 0.3 is 6.36 Å². The normalized spacial score (nSPS) is 17.5. The first-order valence-corrected chi connectivity index (χ1v) is 7.56. The van der Waals surface area contributed by atoms with Crippen molar-refractivity contribution < 1.29 is 26.7 Å². The van der Waals surface area contributed by atoms with Crippen LogP contribution in [-0.4, -0.2) is 6.36 Å². The Hall–Kier alpha value is -2.11. The molecule has 128 valence electrons. The van der Waals surface area contributed by atoms with Gasteiger partial charge in [0.15, 0.2) is 11.6 Å². The Morgan fingerprint density at radius 1 is 1.08 bits per heavy atom. The van der Waals surface area contributed by atoms with Crippen molar-refractivity contribution in [3.63, 3.8) is 0 Å². The number of hydrogen-bond acceptors (Lipinski definition) is 1. The van der Waals surface area contributed by atoms with E-state index in [1.807, 2.05) is 31.2 Å². The van der Waals surface area contributed by atoms with Crippen molar-refractivity contribution in [3.8, 4) is 5.75 Å². The van der Waals surface area contributed by atoms with E-state index in [1.165, 1.54) is 0 Å². The van der Waals surface area contributed by atoms with Crippen LogP contribution in [0.5, 0.6) is 5.75 Å². The summed E-state index contributed by atoms with van der Waals surface area (Å²) in [7, 11) is 0. The van der Waals surface area contributed by atoms with Crippen LogP contribution in [0.1, 0.15) is 34.6 Å². The molecule has 6 heteroatoms. The van der Waals surface area contributed by atoms with E-state index in [-0.39, 0.29) is 17.9 Å². The van der Waals surface area contributed by atoms with E-state index in [4.69, 9.17) is 0 Å². The number of fused-ring (bicyclic) bond motifs is 1. The summed E-state index contributed by atoms with van der Waals surface area (Å²) in [4.78, 5) is 0. The second kappa shape index (κ2) is 6.07. The molecule has 0 radical (unpaired) electrons. The quantitative estimate of drug-likeness (QED) is 0.660. The second-order valence-electron chi connectivity index (χ2n) is 6.04. The van der Waals surface area contributed by atoms with Crippen molar-refractivity contribution in [1.29, 1.82) is 0 Å². The molecule has 0 fully saturated rings. The molecule has 0 aromatic heterocycles. The molecule has 1 aliphatic carbocycles. The number of ether oxygens (including phenoxy) is 1. The molecule has 0 heterocycles. The summed E-state index contributed by atoms with van der Waals surface area (Å²) in [6.07, 6.45) is -3.91. The molecule has 1 aliphatic rings. The Bertz CT molecular complexity index is 749. The molecule has 2 aromatic carbocycles. The molecule has 1 nitrogen and oxygen atoms in total. The molecule has 0 saturated heterocycles. The van der Waals surface area contributed by atoms with Crippen molar-refractivity contribution in [3.05, 3.63) is 64.2 Å². The zero-order chi connectivity index (χ0) is 17.5. The van der Waals surface area contributed by atoms with Crippen molar-refractivity contribution in [1.82, 2.24) is 0 Å². The van der Waals surface area contributed by atoms with Crippen LogP contribution in [0.25, 0.3) is 0 Å². The van der Waals surface area contributed by atoms with Gasteiger partial charge in [-0.25, -0.2) is 8.78 Å². The fourth-order valence-corrected chi connectivity index (χ4v) is 3.16. The number of rotatable bonds is 2. The zero-order valence-electron chi connectivity index (χ0n) is 12.9. The lowest BCUT2D eigenvalue weighted by molar-refractivity contribution is -0.276. The Kier molecular flexibility index (Phi) is 4.24. The lowest BCUT2D eigenvalue weighted by Gasteiger charge is -2.26. The average Bonchev–Trinajstić information content (AvgIpc) is 2.51. The topological polar surface area (TPSA) is 9.23 Å². The third-order valence-electron chi connectivity index (χ3n) is 4.35. The highest BCUT2D eigenvalue weighted by molar-refractivity contribution is 5.42. The van der Waals surface area contributed by atoms with Crippen LogP contribution in [0.3, 0.4) is 0 Å². The molecular formula is C18H15F5O. The van der Waals surface area contributed by atoms with E-state index < -0.39 is 23.7 Å². The van der Waals surface area contributed by atoms with E-state index in [2.05, 4.69) is 4.74 Å². The van der Waals surface area contributed by atoms with Gasteiger partial charge in [0.2, 0.25) is 5.75 Å². The van der Waals surface area contributed by atoms with Crippen LogP contribution in [0.15, 0.2) is 30.3 Å². The van der Waals surface area contributed by atoms with Gasteiger partial charge in [0.25, 0.3) is 0 Å². The fourth-order valence-electron chi connectivity index (χ4n) is 3.16. The third-order valence-corrected chi connectivity index (χ3v) is 4.35. The van der Waals surface area contributed by atoms with Gasteiger partial charge in [0.1, 0.15) is 0 Å². The highest BCUT2D eigenvalue weighted by atomic mass is 19.4. The third kappa shape index (κ3) is 3.37. The van der Waals surface area contributed by atoms with Gasteiger partial charge in [0.05, 0.1) is 0 Å². The first-order chi connectivity index (χ1) is 11.2. The van der Waals surface area contributed by atoms with Crippen molar-refractivity contribution in [2.45, 2.75) is 38.5 Å². The second-order valence-corrected chi connectivity index (χ2v) is 6.04. The Morgan fingerprint density at radius 3 is 2.38 bits per heavy atom. The minimum Gasteiger partial charge on any atom is -0.399 e. The first kappa shape index (κ1) is 16.7. The van der Waals surface area contributed by atoms with Crippen LogP contribution >= 0.6 is 0 Å². The molecule has 1 atom stereocenters. The van der Waals surface area contributed by atoms with Gasteiger partial charge in [-0.2, -0.15) is 0 Å². The number of benzene rings is 2. The maximum Gasteiger partial charge on any atom is 0.573 e. The highest BCUT2D eigenvalue weighted by Gasteiger charge is 2.36. The van der Waals surface area contributed by atoms with Gasteiger partial charge in [-0.3, -0.25) is 0 Å². The summed E-state index contributed by atoms with van der Waals surface area (Å²) < 4.78 is 68.5. The average molecular weight is 342 g/mol. The molecular weight excluding hydrogens is 327 g/mol. The van der Waals surface area contributed by atoms with Gasteiger partial charge in [-0.05, 0) is 54.9 Å². The first-order valence-electron chi connectivity index (χ1n) is 7.56. The standard InChI is InChI=1S/C18H15F5O/c1-10-2-4-11(5-3-10)12-6-7-14-13(8-12)9-15(19)17(16(14)20)24-18(21,22)23/h2-5,9,12H,6-8H2,1H3. The Balaban J connectivity index is 1.91. The summed E-state index contributed by atoms with van der Waals surface area (Å²) in [5.74, 6) is -3.85. The van der Waals surface area contributed by atoms with E-state index in [1.54, 1.807) is 0 Å². The summed E-state index contributed by atoms with van der Waals surface area (Å²) in [5, 5.41) is 0. The predicted octanol–water partition coefficient (Wildman–Crippen LogP) is 5.44. The predicted molar refractivity (Wildman–Crippen MR) is 79.0 cm³/mol.